The van der Waals surface area contributed by atoms with Gasteiger partial charge in [0.1, 0.15) is 11.3 Å². The van der Waals surface area contributed by atoms with Crippen LogP contribution in [0.4, 0.5) is 5.13 Å². The summed E-state index contributed by atoms with van der Waals surface area (Å²) in [7, 11) is 5.64. The van der Waals surface area contributed by atoms with Crippen LogP contribution in [-0.2, 0) is 0 Å². The Morgan fingerprint density at radius 2 is 2.03 bits per heavy atom. The summed E-state index contributed by atoms with van der Waals surface area (Å²) in [6.07, 6.45) is 0.822. The average molecular weight is 461 g/mol. The van der Waals surface area contributed by atoms with Crippen LogP contribution in [0.15, 0.2) is 35.8 Å². The maximum absolute atomic E-state index is 13.5. The Morgan fingerprint density at radius 3 is 2.80 bits per heavy atom. The van der Waals surface area contributed by atoms with Gasteiger partial charge in [-0.15, -0.1) is 11.3 Å². The maximum atomic E-state index is 13.5. The summed E-state index contributed by atoms with van der Waals surface area (Å²) in [6.45, 7) is 1.42. The number of rotatable bonds is 7. The Labute approximate surface area is 187 Å². The van der Waals surface area contributed by atoms with E-state index in [2.05, 4.69) is 9.88 Å². The Morgan fingerprint density at radius 1 is 1.20 bits per heavy atom. The molecule has 156 valence electrons. The van der Waals surface area contributed by atoms with Crippen LogP contribution in [0.2, 0.25) is 5.02 Å². The molecule has 0 atom stereocenters. The molecule has 9 heteroatoms. The molecule has 0 saturated heterocycles. The fourth-order valence-electron chi connectivity index (χ4n) is 3.19. The first-order chi connectivity index (χ1) is 14.5. The van der Waals surface area contributed by atoms with Crippen LogP contribution in [0.5, 0.6) is 5.75 Å². The third-order valence-corrected chi connectivity index (χ3v) is 7.04. The van der Waals surface area contributed by atoms with Crippen molar-refractivity contribution in [2.75, 3.05) is 39.2 Å². The Hall–Kier alpha value is -2.26. The van der Waals surface area contributed by atoms with Crippen molar-refractivity contribution in [3.8, 4) is 5.75 Å². The van der Waals surface area contributed by atoms with E-state index in [9.17, 15) is 4.79 Å². The molecule has 6 nitrogen and oxygen atoms in total. The number of nitrogens with zero attached hydrogens (tertiary/aromatic N) is 4. The smallest absolute Gasteiger partial charge is 0.260 e. The molecule has 0 spiro atoms. The summed E-state index contributed by atoms with van der Waals surface area (Å²) < 4.78 is 7.25. The predicted octanol–water partition coefficient (Wildman–Crippen LogP) is 5.17. The van der Waals surface area contributed by atoms with Gasteiger partial charge in [0.2, 0.25) is 0 Å². The predicted molar refractivity (Wildman–Crippen MR) is 126 cm³/mol. The van der Waals surface area contributed by atoms with Gasteiger partial charge in [0.05, 0.1) is 32.6 Å². The molecule has 0 radical (unpaired) electrons. The number of aromatic nitrogens is 2. The lowest BCUT2D eigenvalue weighted by Gasteiger charge is -2.21. The quantitative estimate of drug-likeness (QED) is 0.381. The number of hydrogen-bond donors (Lipinski definition) is 0. The van der Waals surface area contributed by atoms with Gasteiger partial charge in [-0.3, -0.25) is 9.69 Å². The van der Waals surface area contributed by atoms with Gasteiger partial charge in [-0.1, -0.05) is 22.9 Å². The van der Waals surface area contributed by atoms with Gasteiger partial charge < -0.3 is 9.64 Å². The first-order valence-electron chi connectivity index (χ1n) is 9.41. The number of hydrogen-bond acceptors (Lipinski definition) is 7. The fourth-order valence-corrected chi connectivity index (χ4v) is 5.19. The lowest BCUT2D eigenvalue weighted by atomic mass is 10.2. The van der Waals surface area contributed by atoms with Crippen molar-refractivity contribution in [2.24, 2.45) is 0 Å². The molecule has 30 heavy (non-hydrogen) atoms. The topological polar surface area (TPSA) is 58.6 Å². The third kappa shape index (κ3) is 4.13. The zero-order valence-corrected chi connectivity index (χ0v) is 19.3. The van der Waals surface area contributed by atoms with E-state index in [1.807, 2.05) is 32.3 Å². The number of anilines is 1. The van der Waals surface area contributed by atoms with E-state index in [0.717, 1.165) is 27.9 Å². The number of halogens is 1. The molecule has 0 saturated carbocycles. The minimum Gasteiger partial charge on any atom is -0.494 e. The van der Waals surface area contributed by atoms with Crippen molar-refractivity contribution in [1.82, 2.24) is 14.9 Å². The summed E-state index contributed by atoms with van der Waals surface area (Å²) in [5, 5.41) is 1.21. The number of ether oxygens (including phenoxy) is 1. The van der Waals surface area contributed by atoms with E-state index in [-0.39, 0.29) is 5.91 Å². The van der Waals surface area contributed by atoms with E-state index < -0.39 is 0 Å². The van der Waals surface area contributed by atoms with Gasteiger partial charge in [-0.05, 0) is 57.4 Å². The molecule has 0 aliphatic carbocycles. The molecule has 4 aromatic rings. The van der Waals surface area contributed by atoms with Crippen molar-refractivity contribution < 1.29 is 9.53 Å². The standard InChI is InChI=1S/C21H21ClN4O2S2/c1-25(2)9-4-10-26(20(27)13-5-7-15-17(11-13)29-12-23-15)21-24-18-16(28-3)8-6-14(22)19(18)30-21/h5-8,11-12H,4,9-10H2,1-3H3. The third-order valence-electron chi connectivity index (χ3n) is 4.71. The number of methoxy groups -OCH3 is 1. The first-order valence-corrected chi connectivity index (χ1v) is 11.5. The second-order valence-corrected chi connectivity index (χ2v) is 9.34. The van der Waals surface area contributed by atoms with Gasteiger partial charge in [-0.2, -0.15) is 0 Å². The van der Waals surface area contributed by atoms with Crippen LogP contribution in [0.25, 0.3) is 20.4 Å². The Kier molecular flexibility index (Phi) is 6.19. The van der Waals surface area contributed by atoms with E-state index in [1.165, 1.54) is 22.7 Å². The van der Waals surface area contributed by atoms with Crippen LogP contribution >= 0.6 is 34.3 Å². The van der Waals surface area contributed by atoms with Crippen molar-refractivity contribution in [2.45, 2.75) is 6.42 Å². The summed E-state index contributed by atoms with van der Waals surface area (Å²) in [5.41, 5.74) is 3.98. The average Bonchev–Trinajstić information content (AvgIpc) is 3.38. The highest BCUT2D eigenvalue weighted by Gasteiger charge is 2.23. The summed E-state index contributed by atoms with van der Waals surface area (Å²) in [5.74, 6) is 0.557. The summed E-state index contributed by atoms with van der Waals surface area (Å²) >= 11 is 9.33. The molecule has 0 unspecified atom stereocenters. The van der Waals surface area contributed by atoms with Crippen LogP contribution in [0, 0.1) is 0 Å². The molecule has 0 aliphatic rings. The molecule has 0 bridgehead atoms. The molecule has 2 heterocycles. The number of carbonyl (C=O) groups is 1. The number of amides is 1. The minimum atomic E-state index is -0.0850. The van der Waals surface area contributed by atoms with Crippen LogP contribution in [-0.4, -0.2) is 55.1 Å². The van der Waals surface area contributed by atoms with Crippen molar-refractivity contribution >= 4 is 65.7 Å². The molecule has 4 rings (SSSR count). The normalized spacial score (nSPS) is 11.5. The van der Waals surface area contributed by atoms with Crippen LogP contribution in [0.1, 0.15) is 16.8 Å². The SMILES string of the molecule is COc1ccc(Cl)c2sc(N(CCCN(C)C)C(=O)c3ccc4ncsc4c3)nc12. The van der Waals surface area contributed by atoms with E-state index in [0.29, 0.717) is 33.5 Å². The second kappa shape index (κ2) is 8.85. The fraction of sp³-hybridized carbons (Fsp3) is 0.286. The molecule has 0 N–H and O–H groups in total. The number of carbonyl (C=O) groups excluding carboxylic acids is 1. The molecular formula is C21H21ClN4O2S2. The lowest BCUT2D eigenvalue weighted by Crippen LogP contribution is -2.33. The number of benzene rings is 2. The highest BCUT2D eigenvalue weighted by Crippen LogP contribution is 2.39. The molecule has 0 fully saturated rings. The molecular weight excluding hydrogens is 440 g/mol. The van der Waals surface area contributed by atoms with Crippen molar-refractivity contribution in [3.63, 3.8) is 0 Å². The summed E-state index contributed by atoms with van der Waals surface area (Å²) in [4.78, 5) is 26.4. The number of fused-ring (bicyclic) bond motifs is 2. The maximum Gasteiger partial charge on any atom is 0.260 e. The van der Waals surface area contributed by atoms with Gasteiger partial charge >= 0.3 is 0 Å². The van der Waals surface area contributed by atoms with E-state index in [1.54, 1.807) is 29.7 Å². The second-order valence-electron chi connectivity index (χ2n) is 7.07. The molecule has 2 aromatic carbocycles. The van der Waals surface area contributed by atoms with Crippen LogP contribution < -0.4 is 9.64 Å². The largest absolute Gasteiger partial charge is 0.494 e. The highest BCUT2D eigenvalue weighted by molar-refractivity contribution is 7.23. The summed E-state index contributed by atoms with van der Waals surface area (Å²) in [6, 6.07) is 9.19. The van der Waals surface area contributed by atoms with Gasteiger partial charge in [0.25, 0.3) is 5.91 Å². The first kappa shape index (κ1) is 21.0. The van der Waals surface area contributed by atoms with Crippen LogP contribution in [0.3, 0.4) is 0 Å². The van der Waals surface area contributed by atoms with Gasteiger partial charge in [0, 0.05) is 12.1 Å². The lowest BCUT2D eigenvalue weighted by molar-refractivity contribution is 0.0986. The zero-order chi connectivity index (χ0) is 21.3. The number of thiazole rings is 2. The van der Waals surface area contributed by atoms with Crippen molar-refractivity contribution in [1.29, 1.82) is 0 Å². The highest BCUT2D eigenvalue weighted by atomic mass is 35.5. The van der Waals surface area contributed by atoms with Gasteiger partial charge in [0.15, 0.2) is 5.13 Å². The van der Waals surface area contributed by atoms with E-state index >= 15 is 0 Å². The molecule has 2 aromatic heterocycles. The van der Waals surface area contributed by atoms with Crippen molar-refractivity contribution in [3.05, 3.63) is 46.4 Å². The minimum absolute atomic E-state index is 0.0850. The van der Waals surface area contributed by atoms with E-state index in [4.69, 9.17) is 21.3 Å². The molecule has 1 amide bonds. The Bertz CT molecular complexity index is 1200. The zero-order valence-electron chi connectivity index (χ0n) is 16.9. The molecule has 0 aliphatic heterocycles. The Balaban J connectivity index is 1.74. The van der Waals surface area contributed by atoms with Gasteiger partial charge in [-0.25, -0.2) is 9.97 Å². The monoisotopic (exact) mass is 460 g/mol.